The molecule has 0 N–H and O–H groups in total. The summed E-state index contributed by atoms with van der Waals surface area (Å²) in [6.45, 7) is 2.17. The van der Waals surface area contributed by atoms with Crippen LogP contribution in [0.3, 0.4) is 0 Å². The van der Waals surface area contributed by atoms with Gasteiger partial charge in [-0.15, -0.1) is 0 Å². The molecule has 2 aliphatic carbocycles. The number of nitrogens with zero attached hydrogens (tertiary/aromatic N) is 1. The van der Waals surface area contributed by atoms with Crippen molar-refractivity contribution in [2.45, 2.75) is 19.3 Å². The van der Waals surface area contributed by atoms with Crippen LogP contribution < -0.4 is 0 Å². The first-order valence-electron chi connectivity index (χ1n) is 10.3. The highest BCUT2D eigenvalue weighted by Crippen LogP contribution is 2.43. The largest absolute Gasteiger partial charge is 0.251 e. The van der Waals surface area contributed by atoms with Crippen LogP contribution in [0.4, 0.5) is 0 Å². The SMILES string of the molecule is Cc1cccc(-c2c3c(nc4c2ccc2ccccc24)C2C=CC=CC2=CC3)c1. The van der Waals surface area contributed by atoms with Gasteiger partial charge in [0.25, 0.3) is 0 Å². The minimum Gasteiger partial charge on any atom is -0.251 e. The molecule has 0 saturated heterocycles. The van der Waals surface area contributed by atoms with Gasteiger partial charge in [0.1, 0.15) is 0 Å². The molecule has 0 saturated carbocycles. The fourth-order valence-electron chi connectivity index (χ4n) is 4.87. The van der Waals surface area contributed by atoms with Crippen LogP contribution in [0.25, 0.3) is 32.8 Å². The molecule has 0 fully saturated rings. The maximum Gasteiger partial charge on any atom is 0.0790 e. The molecule has 2 aliphatic rings. The summed E-state index contributed by atoms with van der Waals surface area (Å²) >= 11 is 0. The molecular formula is C28H21N. The third-order valence-electron chi connectivity index (χ3n) is 6.22. The van der Waals surface area contributed by atoms with Crippen molar-refractivity contribution in [1.82, 2.24) is 4.98 Å². The third kappa shape index (κ3) is 2.51. The van der Waals surface area contributed by atoms with E-state index in [0.29, 0.717) is 0 Å². The Hall–Kier alpha value is -3.45. The van der Waals surface area contributed by atoms with Crippen LogP contribution >= 0.6 is 0 Å². The molecular weight excluding hydrogens is 350 g/mol. The van der Waals surface area contributed by atoms with Crippen LogP contribution in [0.2, 0.25) is 0 Å². The van der Waals surface area contributed by atoms with E-state index in [2.05, 4.69) is 98.0 Å². The molecule has 1 heteroatoms. The zero-order valence-electron chi connectivity index (χ0n) is 16.4. The summed E-state index contributed by atoms with van der Waals surface area (Å²) in [6.07, 6.45) is 12.1. The first kappa shape index (κ1) is 16.5. The summed E-state index contributed by atoms with van der Waals surface area (Å²) < 4.78 is 0. The maximum absolute atomic E-state index is 5.31. The Bertz CT molecular complexity index is 1380. The van der Waals surface area contributed by atoms with E-state index in [1.54, 1.807) is 0 Å². The van der Waals surface area contributed by atoms with Gasteiger partial charge in [-0.25, -0.2) is 0 Å². The Kier molecular flexibility index (Phi) is 3.57. The van der Waals surface area contributed by atoms with E-state index in [9.17, 15) is 0 Å². The van der Waals surface area contributed by atoms with Crippen molar-refractivity contribution in [3.05, 3.63) is 113 Å². The average molecular weight is 371 g/mol. The summed E-state index contributed by atoms with van der Waals surface area (Å²) in [7, 11) is 0. The minimum atomic E-state index is 0.246. The lowest BCUT2D eigenvalue weighted by Gasteiger charge is -2.27. The number of fused-ring (bicyclic) bond motifs is 6. The molecule has 1 atom stereocenters. The standard InChI is InChI=1S/C28H21N/c1-18-7-6-10-21(17-18)26-24-15-13-19-8-2-4-11-22(19)27(24)29-28-23-12-5-3-9-20(23)14-16-25(26)28/h2-15,17,23H,16H2,1H3. The second-order valence-corrected chi connectivity index (χ2v) is 8.03. The van der Waals surface area contributed by atoms with Crippen molar-refractivity contribution in [3.8, 4) is 11.1 Å². The summed E-state index contributed by atoms with van der Waals surface area (Å²) in [6, 6.07) is 22.0. The van der Waals surface area contributed by atoms with Gasteiger partial charge in [0.05, 0.1) is 11.2 Å². The number of pyridine rings is 1. The molecule has 3 aromatic carbocycles. The van der Waals surface area contributed by atoms with Crippen molar-refractivity contribution in [2.24, 2.45) is 0 Å². The van der Waals surface area contributed by atoms with Gasteiger partial charge in [-0.2, -0.15) is 0 Å². The summed E-state index contributed by atoms with van der Waals surface area (Å²) in [5.41, 5.74) is 8.98. The number of benzene rings is 3. The second-order valence-electron chi connectivity index (χ2n) is 8.03. The highest BCUT2D eigenvalue weighted by Gasteiger charge is 2.27. The van der Waals surface area contributed by atoms with Gasteiger partial charge in [0.15, 0.2) is 0 Å². The molecule has 0 bridgehead atoms. The molecule has 1 heterocycles. The van der Waals surface area contributed by atoms with Gasteiger partial charge >= 0.3 is 0 Å². The van der Waals surface area contributed by atoms with Crippen molar-refractivity contribution < 1.29 is 0 Å². The van der Waals surface area contributed by atoms with E-state index in [1.807, 2.05) is 0 Å². The number of allylic oxidation sites excluding steroid dienone is 6. The summed E-state index contributed by atoms with van der Waals surface area (Å²) in [5, 5.41) is 3.72. The molecule has 29 heavy (non-hydrogen) atoms. The topological polar surface area (TPSA) is 12.9 Å². The van der Waals surface area contributed by atoms with Gasteiger partial charge in [-0.3, -0.25) is 4.98 Å². The van der Waals surface area contributed by atoms with E-state index >= 15 is 0 Å². The Morgan fingerprint density at radius 1 is 0.897 bits per heavy atom. The average Bonchev–Trinajstić information content (AvgIpc) is 2.77. The number of rotatable bonds is 1. The normalized spacial score (nSPS) is 17.3. The molecule has 138 valence electrons. The van der Waals surface area contributed by atoms with Crippen molar-refractivity contribution in [3.63, 3.8) is 0 Å². The Morgan fingerprint density at radius 3 is 2.76 bits per heavy atom. The van der Waals surface area contributed by atoms with Crippen molar-refractivity contribution in [1.29, 1.82) is 0 Å². The quantitative estimate of drug-likeness (QED) is 0.327. The van der Waals surface area contributed by atoms with Crippen LogP contribution in [0.15, 0.2) is 96.6 Å². The van der Waals surface area contributed by atoms with Gasteiger partial charge < -0.3 is 0 Å². The molecule has 0 amide bonds. The third-order valence-corrected chi connectivity index (χ3v) is 6.22. The molecule has 1 unspecified atom stereocenters. The van der Waals surface area contributed by atoms with E-state index in [4.69, 9.17) is 4.98 Å². The van der Waals surface area contributed by atoms with E-state index in [0.717, 1.165) is 11.9 Å². The van der Waals surface area contributed by atoms with E-state index in [-0.39, 0.29) is 5.92 Å². The Morgan fingerprint density at radius 2 is 1.83 bits per heavy atom. The Labute approximate surface area is 170 Å². The lowest BCUT2D eigenvalue weighted by molar-refractivity contribution is 0.893. The predicted octanol–water partition coefficient (Wildman–Crippen LogP) is 7.06. The van der Waals surface area contributed by atoms with Gasteiger partial charge in [0, 0.05) is 16.7 Å². The lowest BCUT2D eigenvalue weighted by Crippen LogP contribution is -2.13. The number of hydrogen-bond donors (Lipinski definition) is 0. The van der Waals surface area contributed by atoms with Crippen LogP contribution in [-0.2, 0) is 6.42 Å². The smallest absolute Gasteiger partial charge is 0.0790 e. The fourth-order valence-corrected chi connectivity index (χ4v) is 4.87. The van der Waals surface area contributed by atoms with Crippen LogP contribution in [0.1, 0.15) is 22.7 Å². The summed E-state index contributed by atoms with van der Waals surface area (Å²) in [4.78, 5) is 5.31. The van der Waals surface area contributed by atoms with E-state index in [1.165, 1.54) is 49.7 Å². The number of hydrogen-bond acceptors (Lipinski definition) is 1. The number of aryl methyl sites for hydroxylation is 1. The predicted molar refractivity (Wildman–Crippen MR) is 122 cm³/mol. The van der Waals surface area contributed by atoms with Crippen LogP contribution in [0, 0.1) is 6.92 Å². The fraction of sp³-hybridized carbons (Fsp3) is 0.107. The van der Waals surface area contributed by atoms with Gasteiger partial charge in [0.2, 0.25) is 0 Å². The zero-order valence-corrected chi connectivity index (χ0v) is 16.4. The summed E-state index contributed by atoms with van der Waals surface area (Å²) in [5.74, 6) is 0.246. The van der Waals surface area contributed by atoms with Crippen molar-refractivity contribution in [2.75, 3.05) is 0 Å². The molecule has 6 rings (SSSR count). The van der Waals surface area contributed by atoms with Crippen LogP contribution in [-0.4, -0.2) is 4.98 Å². The lowest BCUT2D eigenvalue weighted by atomic mass is 9.79. The molecule has 0 aliphatic heterocycles. The molecule has 1 aromatic heterocycles. The molecule has 4 aromatic rings. The minimum absolute atomic E-state index is 0.246. The molecule has 0 radical (unpaired) electrons. The zero-order chi connectivity index (χ0) is 19.4. The second kappa shape index (κ2) is 6.28. The molecule has 0 spiro atoms. The first-order valence-corrected chi connectivity index (χ1v) is 10.3. The van der Waals surface area contributed by atoms with Crippen LogP contribution in [0.5, 0.6) is 0 Å². The maximum atomic E-state index is 5.31. The highest BCUT2D eigenvalue weighted by atomic mass is 14.7. The number of aromatic nitrogens is 1. The first-order chi connectivity index (χ1) is 14.3. The van der Waals surface area contributed by atoms with Gasteiger partial charge in [-0.05, 0) is 41.0 Å². The molecule has 1 nitrogen and oxygen atoms in total. The van der Waals surface area contributed by atoms with Gasteiger partial charge in [-0.1, -0.05) is 96.6 Å². The van der Waals surface area contributed by atoms with E-state index < -0.39 is 0 Å². The monoisotopic (exact) mass is 371 g/mol. The highest BCUT2D eigenvalue weighted by molar-refractivity contribution is 6.11. The Balaban J connectivity index is 1.77. The van der Waals surface area contributed by atoms with Crippen molar-refractivity contribution >= 4 is 21.7 Å².